The van der Waals surface area contributed by atoms with Gasteiger partial charge in [0.1, 0.15) is 5.52 Å². The number of imidazole rings is 1. The molecule has 0 fully saturated rings. The van der Waals surface area contributed by atoms with Gasteiger partial charge in [0, 0.05) is 5.75 Å². The number of hydrogen-bond acceptors (Lipinski definition) is 3. The lowest BCUT2D eigenvalue weighted by Crippen LogP contribution is -1.95. The molecule has 6 heteroatoms. The van der Waals surface area contributed by atoms with Crippen molar-refractivity contribution in [3.8, 4) is 0 Å². The summed E-state index contributed by atoms with van der Waals surface area (Å²) in [6.45, 7) is 0. The number of hydrogen-bond donors (Lipinski definition) is 2. The number of nitrogens with zero attached hydrogens (tertiary/aromatic N) is 1. The summed E-state index contributed by atoms with van der Waals surface area (Å²) in [4.78, 5) is 17.7. The fourth-order valence-corrected chi connectivity index (χ4v) is 2.30. The van der Waals surface area contributed by atoms with E-state index in [-0.39, 0.29) is 6.42 Å². The van der Waals surface area contributed by atoms with Gasteiger partial charge in [-0.1, -0.05) is 29.4 Å². The molecule has 0 aliphatic heterocycles. The summed E-state index contributed by atoms with van der Waals surface area (Å²) in [7, 11) is 0. The summed E-state index contributed by atoms with van der Waals surface area (Å²) in [6, 6.07) is 5.50. The number of aromatic nitrogens is 2. The molecule has 1 heterocycles. The summed E-state index contributed by atoms with van der Waals surface area (Å²) >= 11 is 7.35. The van der Waals surface area contributed by atoms with Crippen LogP contribution in [-0.2, 0) is 4.79 Å². The van der Waals surface area contributed by atoms with E-state index in [1.54, 1.807) is 6.07 Å². The predicted octanol–water partition coefficient (Wildman–Crippen LogP) is 2.78. The molecular formula is C10H9ClN2O2S. The molecule has 2 N–H and O–H groups in total. The molecule has 84 valence electrons. The van der Waals surface area contributed by atoms with E-state index in [1.807, 2.05) is 12.1 Å². The van der Waals surface area contributed by atoms with Gasteiger partial charge in [0.05, 0.1) is 17.0 Å². The molecule has 0 spiro atoms. The SMILES string of the molecule is O=C(O)CCSc1nc2c(Cl)cccc2[nH]1. The maximum Gasteiger partial charge on any atom is 0.304 e. The maximum absolute atomic E-state index is 10.4. The minimum Gasteiger partial charge on any atom is -0.481 e. The summed E-state index contributed by atoms with van der Waals surface area (Å²) in [6.07, 6.45) is 0.120. The largest absolute Gasteiger partial charge is 0.481 e. The molecule has 1 aromatic carbocycles. The van der Waals surface area contributed by atoms with Crippen molar-refractivity contribution in [2.45, 2.75) is 11.6 Å². The Morgan fingerprint density at radius 1 is 1.56 bits per heavy atom. The topological polar surface area (TPSA) is 66.0 Å². The predicted molar refractivity (Wildman–Crippen MR) is 64.1 cm³/mol. The van der Waals surface area contributed by atoms with E-state index in [4.69, 9.17) is 16.7 Å². The molecule has 0 bridgehead atoms. The van der Waals surface area contributed by atoms with Crippen LogP contribution in [0.25, 0.3) is 11.0 Å². The highest BCUT2D eigenvalue weighted by atomic mass is 35.5. The lowest BCUT2D eigenvalue weighted by molar-refractivity contribution is -0.136. The molecule has 0 atom stereocenters. The van der Waals surface area contributed by atoms with Crippen LogP contribution < -0.4 is 0 Å². The molecule has 0 saturated heterocycles. The van der Waals surface area contributed by atoms with E-state index < -0.39 is 5.97 Å². The molecule has 0 saturated carbocycles. The Kier molecular flexibility index (Phi) is 3.36. The van der Waals surface area contributed by atoms with Crippen molar-refractivity contribution in [1.29, 1.82) is 0 Å². The first kappa shape index (κ1) is 11.3. The van der Waals surface area contributed by atoms with E-state index in [0.717, 1.165) is 11.0 Å². The lowest BCUT2D eigenvalue weighted by atomic mass is 10.3. The van der Waals surface area contributed by atoms with Crippen LogP contribution in [0.5, 0.6) is 0 Å². The van der Waals surface area contributed by atoms with Crippen LogP contribution in [0, 0.1) is 0 Å². The average molecular weight is 257 g/mol. The summed E-state index contributed by atoms with van der Waals surface area (Å²) in [5, 5.41) is 9.80. The molecule has 0 unspecified atom stereocenters. The van der Waals surface area contributed by atoms with Crippen molar-refractivity contribution in [2.75, 3.05) is 5.75 Å². The second-order valence-corrected chi connectivity index (χ2v) is 4.66. The summed E-state index contributed by atoms with van der Waals surface area (Å²) < 4.78 is 0. The number of para-hydroxylation sites is 1. The molecule has 2 rings (SSSR count). The number of nitrogens with one attached hydrogen (secondary N) is 1. The van der Waals surface area contributed by atoms with Crippen LogP contribution in [0.3, 0.4) is 0 Å². The molecule has 0 amide bonds. The molecule has 0 aliphatic carbocycles. The number of carbonyl (C=O) groups is 1. The number of aliphatic carboxylic acids is 1. The fourth-order valence-electron chi connectivity index (χ4n) is 1.28. The van der Waals surface area contributed by atoms with Crippen molar-refractivity contribution in [2.24, 2.45) is 0 Å². The highest BCUT2D eigenvalue weighted by molar-refractivity contribution is 7.99. The van der Waals surface area contributed by atoms with Crippen molar-refractivity contribution in [3.63, 3.8) is 0 Å². The molecule has 2 aromatic rings. The van der Waals surface area contributed by atoms with E-state index >= 15 is 0 Å². The minimum absolute atomic E-state index is 0.120. The van der Waals surface area contributed by atoms with Crippen molar-refractivity contribution in [3.05, 3.63) is 23.2 Å². The number of rotatable bonds is 4. The Morgan fingerprint density at radius 3 is 3.06 bits per heavy atom. The molecule has 0 radical (unpaired) electrons. The first-order valence-corrected chi connectivity index (χ1v) is 6.02. The third kappa shape index (κ3) is 2.48. The molecule has 1 aromatic heterocycles. The van der Waals surface area contributed by atoms with Gasteiger partial charge in [-0.15, -0.1) is 0 Å². The van der Waals surface area contributed by atoms with Gasteiger partial charge < -0.3 is 10.1 Å². The maximum atomic E-state index is 10.4. The number of fused-ring (bicyclic) bond motifs is 1. The van der Waals surface area contributed by atoms with Gasteiger partial charge in [0.25, 0.3) is 0 Å². The van der Waals surface area contributed by atoms with Crippen LogP contribution in [0.1, 0.15) is 6.42 Å². The van der Waals surface area contributed by atoms with Crippen molar-refractivity contribution >= 4 is 40.4 Å². The molecule has 0 aliphatic rings. The number of benzene rings is 1. The second-order valence-electron chi connectivity index (χ2n) is 3.17. The third-order valence-electron chi connectivity index (χ3n) is 2.00. The highest BCUT2D eigenvalue weighted by Crippen LogP contribution is 2.25. The van der Waals surface area contributed by atoms with E-state index in [2.05, 4.69) is 9.97 Å². The number of carboxylic acids is 1. The zero-order valence-electron chi connectivity index (χ0n) is 8.24. The molecule has 4 nitrogen and oxygen atoms in total. The van der Waals surface area contributed by atoms with Gasteiger partial charge in [0.2, 0.25) is 0 Å². The van der Waals surface area contributed by atoms with Crippen molar-refractivity contribution in [1.82, 2.24) is 9.97 Å². The Hall–Kier alpha value is -1.20. The lowest BCUT2D eigenvalue weighted by Gasteiger charge is -1.92. The Labute approximate surface area is 101 Å². The van der Waals surface area contributed by atoms with Gasteiger partial charge in [-0.25, -0.2) is 4.98 Å². The molecular weight excluding hydrogens is 248 g/mol. The van der Waals surface area contributed by atoms with Gasteiger partial charge in [-0.2, -0.15) is 0 Å². The number of thioether (sulfide) groups is 1. The molecule has 16 heavy (non-hydrogen) atoms. The zero-order chi connectivity index (χ0) is 11.5. The first-order chi connectivity index (χ1) is 7.66. The average Bonchev–Trinajstić information content (AvgIpc) is 2.61. The smallest absolute Gasteiger partial charge is 0.304 e. The fraction of sp³-hybridized carbons (Fsp3) is 0.200. The Bertz CT molecular complexity index is 527. The number of halogens is 1. The number of H-pyrrole nitrogens is 1. The first-order valence-electron chi connectivity index (χ1n) is 4.65. The summed E-state index contributed by atoms with van der Waals surface area (Å²) in [5.41, 5.74) is 1.59. The highest BCUT2D eigenvalue weighted by Gasteiger charge is 2.06. The van der Waals surface area contributed by atoms with Gasteiger partial charge in [-0.3, -0.25) is 4.79 Å². The van der Waals surface area contributed by atoms with Gasteiger partial charge in [0.15, 0.2) is 5.16 Å². The number of aromatic amines is 1. The standard InChI is InChI=1S/C10H9ClN2O2S/c11-6-2-1-3-7-9(6)13-10(12-7)16-5-4-8(14)15/h1-3H,4-5H2,(H,12,13)(H,14,15). The minimum atomic E-state index is -0.804. The van der Waals surface area contributed by atoms with Crippen LogP contribution >= 0.6 is 23.4 Å². The van der Waals surface area contributed by atoms with Crippen LogP contribution in [0.4, 0.5) is 0 Å². The monoisotopic (exact) mass is 256 g/mol. The van der Waals surface area contributed by atoms with Crippen molar-refractivity contribution < 1.29 is 9.90 Å². The third-order valence-corrected chi connectivity index (χ3v) is 3.18. The Morgan fingerprint density at radius 2 is 2.38 bits per heavy atom. The normalized spacial score (nSPS) is 10.8. The van der Waals surface area contributed by atoms with Crippen LogP contribution in [0.2, 0.25) is 5.02 Å². The summed E-state index contributed by atoms with van der Waals surface area (Å²) in [5.74, 6) is -0.311. The van der Waals surface area contributed by atoms with Crippen LogP contribution in [0.15, 0.2) is 23.4 Å². The van der Waals surface area contributed by atoms with Crippen LogP contribution in [-0.4, -0.2) is 26.8 Å². The van der Waals surface area contributed by atoms with E-state index in [1.165, 1.54) is 11.8 Å². The Balaban J connectivity index is 2.14. The quantitative estimate of drug-likeness (QED) is 0.826. The second kappa shape index (κ2) is 4.76. The van der Waals surface area contributed by atoms with E-state index in [0.29, 0.717) is 15.9 Å². The number of carboxylic acid groups (broad SMARTS) is 1. The van der Waals surface area contributed by atoms with Gasteiger partial charge >= 0.3 is 5.97 Å². The zero-order valence-corrected chi connectivity index (χ0v) is 9.81. The van der Waals surface area contributed by atoms with Gasteiger partial charge in [-0.05, 0) is 12.1 Å². The van der Waals surface area contributed by atoms with E-state index in [9.17, 15) is 4.79 Å².